The van der Waals surface area contributed by atoms with Crippen LogP contribution in [0.25, 0.3) is 0 Å². The van der Waals surface area contributed by atoms with Crippen LogP contribution < -0.4 is 15.4 Å². The van der Waals surface area contributed by atoms with Gasteiger partial charge in [-0.25, -0.2) is 4.79 Å². The Morgan fingerprint density at radius 2 is 1.72 bits per heavy atom. The summed E-state index contributed by atoms with van der Waals surface area (Å²) in [7, 11) is 1.72. The number of rotatable bonds is 7. The van der Waals surface area contributed by atoms with Gasteiger partial charge in [-0.05, 0) is 55.0 Å². The molecule has 7 nitrogen and oxygen atoms in total. The minimum absolute atomic E-state index is 0.217. The van der Waals surface area contributed by atoms with Crippen LogP contribution in [0.1, 0.15) is 23.0 Å². The first-order chi connectivity index (χ1) is 14.0. The number of nitrogens with zero attached hydrogens (tertiary/aromatic N) is 1. The van der Waals surface area contributed by atoms with E-state index in [1.807, 2.05) is 31.2 Å². The summed E-state index contributed by atoms with van der Waals surface area (Å²) in [6, 6.07) is 17.5. The van der Waals surface area contributed by atoms with Gasteiger partial charge in [0, 0.05) is 25.0 Å². The molecule has 0 saturated heterocycles. The molecular weight excluding hydrogens is 370 g/mol. The number of nitrogens with one attached hydrogen (secondary N) is 2. The average Bonchev–Trinajstić information content (AvgIpc) is 3.25. The normalized spacial score (nSPS) is 10.3. The number of urea groups is 1. The number of carbonyl (C=O) groups excluding carboxylic acids is 2. The molecule has 0 bridgehead atoms. The Hall–Kier alpha value is -3.74. The Bertz CT molecular complexity index is 952. The Balaban J connectivity index is 1.57. The van der Waals surface area contributed by atoms with Crippen LogP contribution in [0.15, 0.2) is 71.3 Å². The number of furan rings is 1. The van der Waals surface area contributed by atoms with Gasteiger partial charge in [0.2, 0.25) is 0 Å². The van der Waals surface area contributed by atoms with Gasteiger partial charge >= 0.3 is 6.03 Å². The number of ether oxygens (including phenoxy) is 1. The van der Waals surface area contributed by atoms with Crippen LogP contribution in [0, 0.1) is 0 Å². The highest BCUT2D eigenvalue weighted by Gasteiger charge is 2.12. The van der Waals surface area contributed by atoms with E-state index < -0.39 is 0 Å². The molecule has 3 aromatic rings. The number of hydrogen-bond donors (Lipinski definition) is 2. The zero-order valence-electron chi connectivity index (χ0n) is 16.3. The van der Waals surface area contributed by atoms with Crippen LogP contribution in [0.5, 0.6) is 5.75 Å². The summed E-state index contributed by atoms with van der Waals surface area (Å²) >= 11 is 0. The molecule has 0 radical (unpaired) electrons. The van der Waals surface area contributed by atoms with Gasteiger partial charge in [-0.1, -0.05) is 18.2 Å². The van der Waals surface area contributed by atoms with Crippen LogP contribution in [0.3, 0.4) is 0 Å². The van der Waals surface area contributed by atoms with Crippen LogP contribution in [0.2, 0.25) is 0 Å². The van der Waals surface area contributed by atoms with Gasteiger partial charge in [-0.2, -0.15) is 0 Å². The molecule has 0 aliphatic carbocycles. The quantitative estimate of drug-likeness (QED) is 0.615. The van der Waals surface area contributed by atoms with E-state index in [-0.39, 0.29) is 17.7 Å². The van der Waals surface area contributed by atoms with Crippen molar-refractivity contribution in [2.45, 2.75) is 13.5 Å². The standard InChI is InChI=1S/C22H23N3O4/c1-3-28-19-11-9-16(10-12-19)15-25(2)22(27)24-18-7-4-6-17(14-18)23-21(26)20-8-5-13-29-20/h4-14H,3,15H2,1-2H3,(H,23,26)(H,24,27). The molecule has 7 heteroatoms. The predicted molar refractivity (Wildman–Crippen MR) is 111 cm³/mol. The second-order valence-electron chi connectivity index (χ2n) is 6.38. The summed E-state index contributed by atoms with van der Waals surface area (Å²) in [4.78, 5) is 26.1. The minimum atomic E-state index is -0.355. The van der Waals surface area contributed by atoms with Crippen LogP contribution >= 0.6 is 0 Å². The molecule has 0 spiro atoms. The van der Waals surface area contributed by atoms with Crippen LogP contribution in [-0.4, -0.2) is 30.5 Å². The molecule has 0 unspecified atom stereocenters. The molecule has 0 saturated carbocycles. The second-order valence-corrected chi connectivity index (χ2v) is 6.38. The number of carbonyl (C=O) groups is 2. The van der Waals surface area contributed by atoms with Gasteiger partial charge in [0.15, 0.2) is 5.76 Å². The van der Waals surface area contributed by atoms with Crippen molar-refractivity contribution in [1.82, 2.24) is 4.90 Å². The lowest BCUT2D eigenvalue weighted by atomic mass is 10.2. The fraction of sp³-hybridized carbons (Fsp3) is 0.182. The van der Waals surface area contributed by atoms with Gasteiger partial charge in [0.1, 0.15) is 5.75 Å². The number of amides is 3. The first-order valence-corrected chi connectivity index (χ1v) is 9.24. The molecule has 2 N–H and O–H groups in total. The number of benzene rings is 2. The molecule has 3 rings (SSSR count). The number of anilines is 2. The van der Waals surface area contributed by atoms with E-state index in [1.54, 1.807) is 48.3 Å². The van der Waals surface area contributed by atoms with Gasteiger partial charge < -0.3 is 24.7 Å². The summed E-state index contributed by atoms with van der Waals surface area (Å²) < 4.78 is 10.5. The fourth-order valence-electron chi connectivity index (χ4n) is 2.70. The molecule has 1 aromatic heterocycles. The zero-order chi connectivity index (χ0) is 20.6. The van der Waals surface area contributed by atoms with E-state index in [1.165, 1.54) is 6.26 Å². The third-order valence-corrected chi connectivity index (χ3v) is 4.12. The first-order valence-electron chi connectivity index (χ1n) is 9.24. The number of hydrogen-bond acceptors (Lipinski definition) is 4. The summed E-state index contributed by atoms with van der Waals surface area (Å²) in [5.74, 6) is 0.664. The van der Waals surface area contributed by atoms with E-state index in [0.29, 0.717) is 24.5 Å². The molecule has 29 heavy (non-hydrogen) atoms. The summed E-state index contributed by atoms with van der Waals surface area (Å²) in [6.45, 7) is 3.00. The highest BCUT2D eigenvalue weighted by Crippen LogP contribution is 2.18. The summed E-state index contributed by atoms with van der Waals surface area (Å²) in [5.41, 5.74) is 2.12. The second kappa shape index (κ2) is 9.45. The molecule has 0 aliphatic heterocycles. The van der Waals surface area contributed by atoms with Crippen LogP contribution in [0.4, 0.5) is 16.2 Å². The lowest BCUT2D eigenvalue weighted by Gasteiger charge is -2.18. The van der Waals surface area contributed by atoms with Crippen molar-refractivity contribution in [1.29, 1.82) is 0 Å². The van der Waals surface area contributed by atoms with Crippen molar-refractivity contribution >= 4 is 23.3 Å². The highest BCUT2D eigenvalue weighted by molar-refractivity contribution is 6.02. The van der Waals surface area contributed by atoms with Crippen molar-refractivity contribution in [2.24, 2.45) is 0 Å². The average molecular weight is 393 g/mol. The monoisotopic (exact) mass is 393 g/mol. The van der Waals surface area contributed by atoms with Crippen molar-refractivity contribution in [3.8, 4) is 5.75 Å². The Kier molecular flexibility index (Phi) is 6.52. The largest absolute Gasteiger partial charge is 0.494 e. The van der Waals surface area contributed by atoms with E-state index in [0.717, 1.165) is 11.3 Å². The lowest BCUT2D eigenvalue weighted by molar-refractivity contribution is 0.0996. The maximum absolute atomic E-state index is 12.5. The Morgan fingerprint density at radius 3 is 2.38 bits per heavy atom. The molecule has 0 fully saturated rings. The highest BCUT2D eigenvalue weighted by atomic mass is 16.5. The van der Waals surface area contributed by atoms with Crippen LogP contribution in [-0.2, 0) is 6.54 Å². The smallest absolute Gasteiger partial charge is 0.321 e. The van der Waals surface area contributed by atoms with Crippen molar-refractivity contribution in [2.75, 3.05) is 24.3 Å². The maximum atomic E-state index is 12.5. The third-order valence-electron chi connectivity index (χ3n) is 4.12. The van der Waals surface area contributed by atoms with Crippen molar-refractivity contribution in [3.63, 3.8) is 0 Å². The Morgan fingerprint density at radius 1 is 1.00 bits per heavy atom. The van der Waals surface area contributed by atoms with E-state index in [2.05, 4.69) is 10.6 Å². The fourth-order valence-corrected chi connectivity index (χ4v) is 2.70. The van der Waals surface area contributed by atoms with Gasteiger partial charge in [0.25, 0.3) is 5.91 Å². The molecular formula is C22H23N3O4. The molecule has 0 atom stereocenters. The molecule has 1 heterocycles. The molecule has 3 amide bonds. The van der Waals surface area contributed by atoms with Gasteiger partial charge in [-0.3, -0.25) is 4.79 Å². The predicted octanol–water partition coefficient (Wildman–Crippen LogP) is 4.59. The van der Waals surface area contributed by atoms with E-state index in [9.17, 15) is 9.59 Å². The molecule has 0 aliphatic rings. The van der Waals surface area contributed by atoms with E-state index in [4.69, 9.17) is 9.15 Å². The van der Waals surface area contributed by atoms with Gasteiger partial charge in [0.05, 0.1) is 12.9 Å². The van der Waals surface area contributed by atoms with Crippen molar-refractivity contribution < 1.29 is 18.7 Å². The zero-order valence-corrected chi connectivity index (χ0v) is 16.3. The SMILES string of the molecule is CCOc1ccc(CN(C)C(=O)Nc2cccc(NC(=O)c3ccco3)c2)cc1. The topological polar surface area (TPSA) is 83.8 Å². The molecule has 2 aromatic carbocycles. The first kappa shape index (κ1) is 20.0. The van der Waals surface area contributed by atoms with Gasteiger partial charge in [-0.15, -0.1) is 0 Å². The van der Waals surface area contributed by atoms with E-state index >= 15 is 0 Å². The third kappa shape index (κ3) is 5.62. The van der Waals surface area contributed by atoms with Crippen molar-refractivity contribution in [3.05, 3.63) is 78.3 Å². The Labute approximate surface area is 169 Å². The lowest BCUT2D eigenvalue weighted by Crippen LogP contribution is -2.30. The maximum Gasteiger partial charge on any atom is 0.321 e. The summed E-state index contributed by atoms with van der Waals surface area (Å²) in [5, 5.41) is 5.56. The summed E-state index contributed by atoms with van der Waals surface area (Å²) in [6.07, 6.45) is 1.44. The minimum Gasteiger partial charge on any atom is -0.494 e. The molecule has 150 valence electrons.